The molecule has 1 N–H and O–H groups in total. The molecular formula is C18H15N3O3S2. The first-order valence-electron chi connectivity index (χ1n) is 7.82. The van der Waals surface area contributed by atoms with Gasteiger partial charge in [0.25, 0.3) is 0 Å². The van der Waals surface area contributed by atoms with Crippen molar-refractivity contribution in [2.24, 2.45) is 0 Å². The minimum absolute atomic E-state index is 0.0365. The Labute approximate surface area is 154 Å². The molecule has 4 rings (SSSR count). The summed E-state index contributed by atoms with van der Waals surface area (Å²) in [5.74, 6) is 0.493. The predicted octanol–water partition coefficient (Wildman–Crippen LogP) is 3.67. The van der Waals surface area contributed by atoms with Crippen molar-refractivity contribution in [3.63, 3.8) is 0 Å². The molecule has 0 saturated carbocycles. The molecule has 26 heavy (non-hydrogen) atoms. The molecule has 0 bridgehead atoms. The molecule has 4 aromatic rings. The van der Waals surface area contributed by atoms with Crippen molar-refractivity contribution in [3.8, 4) is 16.3 Å². The maximum absolute atomic E-state index is 12.7. The van der Waals surface area contributed by atoms with Gasteiger partial charge in [-0.3, -0.25) is 0 Å². The number of hydrogen-bond donors (Lipinski definition) is 1. The first-order valence-corrected chi connectivity index (χ1v) is 10.4. The Kier molecular flexibility index (Phi) is 4.21. The van der Waals surface area contributed by atoms with Crippen LogP contribution in [0.1, 0.15) is 5.69 Å². The molecule has 0 unspecified atom stereocenters. The van der Waals surface area contributed by atoms with Crippen molar-refractivity contribution < 1.29 is 13.2 Å². The molecule has 0 fully saturated rings. The molecular weight excluding hydrogens is 370 g/mol. The number of fused-ring (bicyclic) bond motifs is 1. The Balaban J connectivity index is 1.64. The fourth-order valence-corrected chi connectivity index (χ4v) is 4.79. The van der Waals surface area contributed by atoms with Gasteiger partial charge in [-0.1, -0.05) is 24.3 Å². The van der Waals surface area contributed by atoms with Crippen LogP contribution in [0.15, 0.2) is 59.1 Å². The molecule has 0 aliphatic rings. The first-order chi connectivity index (χ1) is 12.6. The molecule has 132 valence electrons. The van der Waals surface area contributed by atoms with Crippen LogP contribution in [-0.2, 0) is 15.6 Å². The second kappa shape index (κ2) is 6.54. The van der Waals surface area contributed by atoms with Crippen LogP contribution in [-0.4, -0.2) is 30.5 Å². The smallest absolute Gasteiger partial charge is 0.226 e. The van der Waals surface area contributed by atoms with Crippen LogP contribution in [0, 0.1) is 0 Å². The molecule has 2 heterocycles. The lowest BCUT2D eigenvalue weighted by Gasteiger charge is -2.04. The highest BCUT2D eigenvalue weighted by molar-refractivity contribution is 7.90. The number of nitrogens with zero attached hydrogens (tertiary/aromatic N) is 2. The van der Waals surface area contributed by atoms with Crippen LogP contribution in [0.4, 0.5) is 0 Å². The number of aromatic nitrogens is 3. The third-order valence-corrected chi connectivity index (χ3v) is 6.27. The van der Waals surface area contributed by atoms with Gasteiger partial charge in [0, 0.05) is 5.38 Å². The Hall–Kier alpha value is -2.71. The van der Waals surface area contributed by atoms with Crippen LogP contribution in [0.2, 0.25) is 0 Å². The monoisotopic (exact) mass is 385 g/mol. The molecule has 0 aliphatic carbocycles. The van der Waals surface area contributed by atoms with E-state index in [1.165, 1.54) is 11.3 Å². The third kappa shape index (κ3) is 3.09. The number of methoxy groups -OCH3 is 1. The van der Waals surface area contributed by atoms with Gasteiger partial charge in [-0.15, -0.1) is 11.3 Å². The summed E-state index contributed by atoms with van der Waals surface area (Å²) in [6, 6.07) is 14.7. The van der Waals surface area contributed by atoms with E-state index in [2.05, 4.69) is 15.0 Å². The van der Waals surface area contributed by atoms with Gasteiger partial charge >= 0.3 is 0 Å². The van der Waals surface area contributed by atoms with Gasteiger partial charge in [0.2, 0.25) is 15.0 Å². The van der Waals surface area contributed by atoms with E-state index < -0.39 is 9.84 Å². The van der Waals surface area contributed by atoms with Gasteiger partial charge in [0.15, 0.2) is 0 Å². The zero-order valence-electron chi connectivity index (χ0n) is 13.8. The van der Waals surface area contributed by atoms with Gasteiger partial charge in [0.1, 0.15) is 16.5 Å². The number of hydrogen-bond acceptors (Lipinski definition) is 6. The van der Waals surface area contributed by atoms with Gasteiger partial charge in [-0.2, -0.15) is 0 Å². The van der Waals surface area contributed by atoms with E-state index >= 15 is 0 Å². The fourth-order valence-electron chi connectivity index (χ4n) is 2.66. The van der Waals surface area contributed by atoms with Crippen LogP contribution >= 0.6 is 11.3 Å². The SMILES string of the molecule is COc1ccccc1-c1nc(CS(=O)(=O)c2nc3ccccc3[nH]2)cs1. The normalized spacial score (nSPS) is 11.7. The molecule has 0 aliphatic heterocycles. The number of thiazole rings is 1. The summed E-state index contributed by atoms with van der Waals surface area (Å²) in [5, 5.41) is 2.44. The molecule has 2 aromatic heterocycles. The predicted molar refractivity (Wildman–Crippen MR) is 101 cm³/mol. The first kappa shape index (κ1) is 16.7. The maximum atomic E-state index is 12.7. The Morgan fingerprint density at radius 1 is 1.08 bits per heavy atom. The zero-order chi connectivity index (χ0) is 18.1. The lowest BCUT2D eigenvalue weighted by atomic mass is 10.2. The number of ether oxygens (including phenoxy) is 1. The average molecular weight is 385 g/mol. The molecule has 6 nitrogen and oxygen atoms in total. The summed E-state index contributed by atoms with van der Waals surface area (Å²) < 4.78 is 30.7. The van der Waals surface area contributed by atoms with E-state index in [0.717, 1.165) is 10.6 Å². The number of rotatable bonds is 5. The topological polar surface area (TPSA) is 84.9 Å². The highest BCUT2D eigenvalue weighted by atomic mass is 32.2. The molecule has 0 atom stereocenters. The van der Waals surface area contributed by atoms with E-state index in [1.807, 2.05) is 36.4 Å². The van der Waals surface area contributed by atoms with Gasteiger partial charge in [-0.05, 0) is 24.3 Å². The molecule has 0 spiro atoms. The molecule has 0 amide bonds. The summed E-state index contributed by atoms with van der Waals surface area (Å²) in [4.78, 5) is 11.5. The van der Waals surface area contributed by atoms with E-state index in [9.17, 15) is 8.42 Å². The Morgan fingerprint density at radius 2 is 1.85 bits per heavy atom. The highest BCUT2D eigenvalue weighted by Gasteiger charge is 2.22. The number of aromatic amines is 1. The lowest BCUT2D eigenvalue weighted by Crippen LogP contribution is -2.07. The van der Waals surface area contributed by atoms with Crippen molar-refractivity contribution in [3.05, 3.63) is 59.6 Å². The average Bonchev–Trinajstić information content (AvgIpc) is 3.28. The lowest BCUT2D eigenvalue weighted by molar-refractivity contribution is 0.416. The summed E-state index contributed by atoms with van der Waals surface area (Å²) in [5.41, 5.74) is 2.64. The standard InChI is InChI=1S/C18H15N3O3S2/c1-24-16-9-5-2-6-13(16)17-19-12(10-25-17)11-26(22,23)18-20-14-7-3-4-8-15(14)21-18/h2-10H,11H2,1H3,(H,20,21). The number of para-hydroxylation sites is 3. The van der Waals surface area contributed by atoms with Crippen LogP contribution in [0.25, 0.3) is 21.6 Å². The third-order valence-electron chi connectivity index (χ3n) is 3.89. The molecule has 8 heteroatoms. The molecule has 0 saturated heterocycles. The fraction of sp³-hybridized carbons (Fsp3) is 0.111. The van der Waals surface area contributed by atoms with Gasteiger partial charge < -0.3 is 9.72 Å². The van der Waals surface area contributed by atoms with Crippen molar-refractivity contribution in [2.75, 3.05) is 7.11 Å². The van der Waals surface area contributed by atoms with Crippen molar-refractivity contribution >= 4 is 32.2 Å². The van der Waals surface area contributed by atoms with Crippen LogP contribution in [0.3, 0.4) is 0 Å². The summed E-state index contributed by atoms with van der Waals surface area (Å²) in [7, 11) is -2.02. The van der Waals surface area contributed by atoms with E-state index in [4.69, 9.17) is 4.74 Å². The largest absolute Gasteiger partial charge is 0.496 e. The molecule has 2 aromatic carbocycles. The Morgan fingerprint density at radius 3 is 2.65 bits per heavy atom. The summed E-state index contributed by atoms with van der Waals surface area (Å²) in [6.45, 7) is 0. The van der Waals surface area contributed by atoms with E-state index in [0.29, 0.717) is 22.5 Å². The summed E-state index contributed by atoms with van der Waals surface area (Å²) >= 11 is 1.39. The number of imidazole rings is 1. The second-order valence-electron chi connectivity index (χ2n) is 5.66. The van der Waals surface area contributed by atoms with E-state index in [1.54, 1.807) is 24.6 Å². The number of H-pyrrole nitrogens is 1. The second-order valence-corrected chi connectivity index (χ2v) is 8.43. The number of sulfone groups is 1. The van der Waals surface area contributed by atoms with Gasteiger partial charge in [0.05, 0.1) is 29.4 Å². The van der Waals surface area contributed by atoms with Crippen LogP contribution in [0.5, 0.6) is 5.75 Å². The number of benzene rings is 2. The zero-order valence-corrected chi connectivity index (χ0v) is 15.5. The quantitative estimate of drug-likeness (QED) is 0.567. The number of nitrogens with one attached hydrogen (secondary N) is 1. The van der Waals surface area contributed by atoms with Crippen molar-refractivity contribution in [1.82, 2.24) is 15.0 Å². The van der Waals surface area contributed by atoms with Crippen molar-refractivity contribution in [1.29, 1.82) is 0 Å². The summed E-state index contributed by atoms with van der Waals surface area (Å²) in [6.07, 6.45) is 0. The van der Waals surface area contributed by atoms with Crippen LogP contribution < -0.4 is 4.74 Å². The van der Waals surface area contributed by atoms with Crippen molar-refractivity contribution in [2.45, 2.75) is 10.9 Å². The van der Waals surface area contributed by atoms with E-state index in [-0.39, 0.29) is 10.9 Å². The minimum atomic E-state index is -3.61. The molecule has 0 radical (unpaired) electrons. The Bertz CT molecular complexity index is 1150. The maximum Gasteiger partial charge on any atom is 0.226 e. The van der Waals surface area contributed by atoms with Gasteiger partial charge in [-0.25, -0.2) is 18.4 Å². The minimum Gasteiger partial charge on any atom is -0.496 e. The highest BCUT2D eigenvalue weighted by Crippen LogP contribution is 2.32.